The lowest BCUT2D eigenvalue weighted by Gasteiger charge is -2.28. The van der Waals surface area contributed by atoms with E-state index in [1.165, 1.54) is 50.1 Å². The monoisotopic (exact) mass is 1510 g/mol. The summed E-state index contributed by atoms with van der Waals surface area (Å²) in [5, 5.41) is 53.8. The van der Waals surface area contributed by atoms with Gasteiger partial charge in [0.05, 0.1) is 113 Å². The third-order valence-electron chi connectivity index (χ3n) is 24.7. The molecule has 0 saturated heterocycles. The van der Waals surface area contributed by atoms with E-state index in [2.05, 4.69) is 378 Å². The fourth-order valence-electron chi connectivity index (χ4n) is 17.8. The van der Waals surface area contributed by atoms with Crippen molar-refractivity contribution in [2.45, 2.75) is 209 Å². The highest BCUT2D eigenvalue weighted by Gasteiger charge is 2.34. The van der Waals surface area contributed by atoms with Gasteiger partial charge in [-0.3, -0.25) is 0 Å². The van der Waals surface area contributed by atoms with Gasteiger partial charge in [0.25, 0.3) is 0 Å². The standard InChI is InChI=1S/C108H106N8/c1-101(2,3)71-33-40-86-82(51-71)83-52-72(102(4,5)6)34-41-87(83)113(86)93-46-66(62-111)47-94(99(93)68-28-24-26-64(44-68)60-109)114-88-42-35-73(103(7,8)9)53-84(88)85-54-77(36-43-89(85)114)108(22,23)59-70-50-78(107(19,20)21)58-97-98(70)81-39-32-76(106(16,17)18)57-92(81)116(97)96-49-67(63-112)48-95(100(96)69-29-25-27-65(45-69)61-110)115-90-55-74(104(10,11)12)30-37-79(90)80-38-31-75(56-91(80)115)105(13,14)15/h24-58H,59H2,1-23H3. The predicted molar refractivity (Wildman–Crippen MR) is 488 cm³/mol. The molecule has 0 saturated carbocycles. The van der Waals surface area contributed by atoms with Gasteiger partial charge in [-0.1, -0.05) is 250 Å². The van der Waals surface area contributed by atoms with Crippen molar-refractivity contribution < 1.29 is 0 Å². The van der Waals surface area contributed by atoms with Crippen LogP contribution in [0, 0.1) is 45.3 Å². The molecule has 0 radical (unpaired) electrons. The first-order chi connectivity index (χ1) is 54.5. The highest BCUT2D eigenvalue weighted by Crippen LogP contribution is 2.51. The summed E-state index contributed by atoms with van der Waals surface area (Å²) in [6.45, 7) is 52.6. The Bertz CT molecular complexity index is 6880. The molecule has 0 amide bonds. The molecule has 12 aromatic carbocycles. The van der Waals surface area contributed by atoms with Gasteiger partial charge in [-0.15, -0.1) is 0 Å². The number of fused-ring (bicyclic) bond motifs is 12. The molecule has 8 heteroatoms. The molecule has 0 N–H and O–H groups in total. The van der Waals surface area contributed by atoms with Gasteiger partial charge in [-0.05, 0) is 232 Å². The van der Waals surface area contributed by atoms with Gasteiger partial charge >= 0.3 is 0 Å². The van der Waals surface area contributed by atoms with Crippen LogP contribution in [0.2, 0.25) is 0 Å². The van der Waals surface area contributed by atoms with Crippen LogP contribution in [0.3, 0.4) is 0 Å². The van der Waals surface area contributed by atoms with Gasteiger partial charge in [-0.2, -0.15) is 21.0 Å². The van der Waals surface area contributed by atoms with Crippen molar-refractivity contribution in [1.82, 2.24) is 18.3 Å². The average molecular weight is 1520 g/mol. The van der Waals surface area contributed by atoms with Gasteiger partial charge in [0.2, 0.25) is 0 Å². The van der Waals surface area contributed by atoms with E-state index in [1.807, 2.05) is 36.4 Å². The smallest absolute Gasteiger partial charge is 0.0993 e. The number of hydrogen-bond acceptors (Lipinski definition) is 4. The normalized spacial score (nSPS) is 13.0. The van der Waals surface area contributed by atoms with Gasteiger partial charge in [-0.25, -0.2) is 0 Å². The number of rotatable bonds is 9. The lowest BCUT2D eigenvalue weighted by molar-refractivity contribution is 0.523. The topological polar surface area (TPSA) is 115 Å². The Hall–Kier alpha value is -12.2. The van der Waals surface area contributed by atoms with Gasteiger partial charge in [0.1, 0.15) is 0 Å². The van der Waals surface area contributed by atoms with Crippen LogP contribution in [0.15, 0.2) is 212 Å². The Balaban J connectivity index is 0.964. The highest BCUT2D eigenvalue weighted by atomic mass is 15.0. The van der Waals surface area contributed by atoms with Crippen LogP contribution in [-0.4, -0.2) is 18.3 Å². The van der Waals surface area contributed by atoms with E-state index in [-0.39, 0.29) is 37.9 Å². The Morgan fingerprint density at radius 1 is 0.233 bits per heavy atom. The average Bonchev–Trinajstić information content (AvgIpc) is 1.58. The number of benzene rings is 12. The summed E-state index contributed by atoms with van der Waals surface area (Å²) in [5.41, 5.74) is 26.2. The Labute approximate surface area is 685 Å². The molecule has 0 spiro atoms. The third-order valence-corrected chi connectivity index (χ3v) is 24.7. The third kappa shape index (κ3) is 13.2. The second-order valence-corrected chi connectivity index (χ2v) is 40.7. The summed E-state index contributed by atoms with van der Waals surface area (Å²) in [6, 6.07) is 88.3. The molecular formula is C108H106N8. The van der Waals surface area contributed by atoms with Crippen LogP contribution in [-0.2, 0) is 49.7 Å². The number of nitriles is 4. The minimum absolute atomic E-state index is 0.118. The molecule has 0 aliphatic carbocycles. The van der Waals surface area contributed by atoms with E-state index >= 15 is 0 Å². The van der Waals surface area contributed by atoms with Gasteiger partial charge in [0.15, 0.2) is 0 Å². The van der Waals surface area contributed by atoms with Gasteiger partial charge in [0, 0.05) is 54.2 Å². The molecule has 0 aliphatic rings. The largest absolute Gasteiger partial charge is 0.308 e. The number of aromatic nitrogens is 4. The molecule has 0 aliphatic heterocycles. The lowest BCUT2D eigenvalue weighted by Crippen LogP contribution is -2.21. The summed E-state index contributed by atoms with van der Waals surface area (Å²) in [6.07, 6.45) is 0.652. The van der Waals surface area contributed by atoms with Crippen molar-refractivity contribution in [2.75, 3.05) is 0 Å². The van der Waals surface area contributed by atoms with Crippen molar-refractivity contribution >= 4 is 87.2 Å². The van der Waals surface area contributed by atoms with Crippen molar-refractivity contribution in [2.24, 2.45) is 0 Å². The van der Waals surface area contributed by atoms with Crippen LogP contribution in [0.1, 0.15) is 232 Å². The summed E-state index contributed by atoms with van der Waals surface area (Å²) in [4.78, 5) is 0. The second-order valence-electron chi connectivity index (χ2n) is 40.7. The minimum Gasteiger partial charge on any atom is -0.308 e. The Kier molecular flexibility index (Phi) is 18.1. The van der Waals surface area contributed by atoms with Crippen LogP contribution in [0.4, 0.5) is 0 Å². The van der Waals surface area contributed by atoms with E-state index in [0.717, 1.165) is 132 Å². The van der Waals surface area contributed by atoms with Crippen LogP contribution < -0.4 is 0 Å². The molecule has 8 nitrogen and oxygen atoms in total. The molecule has 4 heterocycles. The molecule has 0 bridgehead atoms. The SMILES string of the molecule is CC(C)(C)c1ccc2c(c1)c1cc(C(C)(C)C)ccc1n2-c1cc(C#N)cc(-n2c3ccc(C(C)(C)C)cc3c3cc(C(C)(C)Cc4cc(C(C)(C)C)cc5c4c4ccc(C(C)(C)C)cc4n5-c4cc(C#N)cc(-n5c6cc(C(C)(C)C)ccc6c6ccc(C(C)(C)C)cc65)c4-c4cccc(C#N)c4)ccc32)c1-c1cccc(C#N)c1. The molecule has 116 heavy (non-hydrogen) atoms. The Morgan fingerprint density at radius 3 is 0.845 bits per heavy atom. The molecule has 0 fully saturated rings. The van der Waals surface area contributed by atoms with Crippen molar-refractivity contribution in [3.05, 3.63) is 285 Å². The number of hydrogen-bond donors (Lipinski definition) is 0. The maximum atomic E-state index is 11.7. The maximum Gasteiger partial charge on any atom is 0.0993 e. The van der Waals surface area contributed by atoms with Crippen molar-refractivity contribution in [1.29, 1.82) is 21.0 Å². The first-order valence-electron chi connectivity index (χ1n) is 41.1. The maximum absolute atomic E-state index is 11.7. The molecule has 0 atom stereocenters. The summed E-state index contributed by atoms with van der Waals surface area (Å²) in [7, 11) is 0. The van der Waals surface area contributed by atoms with E-state index in [1.54, 1.807) is 0 Å². The van der Waals surface area contributed by atoms with Gasteiger partial charge < -0.3 is 18.3 Å². The van der Waals surface area contributed by atoms with Crippen molar-refractivity contribution in [3.8, 4) is 69.3 Å². The van der Waals surface area contributed by atoms with Crippen LogP contribution in [0.5, 0.6) is 0 Å². The molecule has 16 aromatic rings. The first kappa shape index (κ1) is 77.7. The first-order valence-corrected chi connectivity index (χ1v) is 41.1. The molecule has 578 valence electrons. The van der Waals surface area contributed by atoms with E-state index < -0.39 is 5.41 Å². The second kappa shape index (κ2) is 27.0. The number of nitrogens with zero attached hydrogens (tertiary/aromatic N) is 8. The molecule has 16 rings (SSSR count). The zero-order valence-corrected chi connectivity index (χ0v) is 72.0. The van der Waals surface area contributed by atoms with Crippen LogP contribution >= 0.6 is 0 Å². The summed E-state index contributed by atoms with van der Waals surface area (Å²) >= 11 is 0. The summed E-state index contributed by atoms with van der Waals surface area (Å²) in [5.74, 6) is 0. The quantitative estimate of drug-likeness (QED) is 0.143. The van der Waals surface area contributed by atoms with E-state index in [4.69, 9.17) is 0 Å². The van der Waals surface area contributed by atoms with Crippen molar-refractivity contribution in [3.63, 3.8) is 0 Å². The zero-order valence-electron chi connectivity index (χ0n) is 72.0. The fraction of sp³-hybridized carbons (Fsp3) is 0.296. The zero-order chi connectivity index (χ0) is 83.0. The fourth-order valence-corrected chi connectivity index (χ4v) is 17.8. The van der Waals surface area contributed by atoms with Crippen LogP contribution in [0.25, 0.3) is 132 Å². The predicted octanol–water partition coefficient (Wildman–Crippen LogP) is 28.5. The lowest BCUT2D eigenvalue weighted by atomic mass is 9.76. The Morgan fingerprint density at radius 2 is 0.509 bits per heavy atom. The molecular weight excluding hydrogens is 1410 g/mol. The van der Waals surface area contributed by atoms with E-state index in [0.29, 0.717) is 28.7 Å². The molecule has 0 unspecified atom stereocenters. The minimum atomic E-state index is -0.508. The highest BCUT2D eigenvalue weighted by molar-refractivity contribution is 6.16. The van der Waals surface area contributed by atoms with E-state index in [9.17, 15) is 21.0 Å². The summed E-state index contributed by atoms with van der Waals surface area (Å²) < 4.78 is 9.64. The molecule has 4 aromatic heterocycles.